The molecule has 0 amide bonds. The third kappa shape index (κ3) is 3.78. The first-order valence-electron chi connectivity index (χ1n) is 6.92. The van der Waals surface area contributed by atoms with E-state index in [1.54, 1.807) is 0 Å². The Morgan fingerprint density at radius 3 is 2.75 bits per heavy atom. The molecular weight excluding hydrogens is 248 g/mol. The Morgan fingerprint density at radius 1 is 1.25 bits per heavy atom. The molecule has 106 valence electrons. The van der Waals surface area contributed by atoms with Crippen LogP contribution < -0.4 is 10.2 Å². The Labute approximate surface area is 120 Å². The molecule has 0 aliphatic heterocycles. The van der Waals surface area contributed by atoms with Gasteiger partial charge in [-0.25, -0.2) is 4.98 Å². The van der Waals surface area contributed by atoms with Crippen LogP contribution in [0.25, 0.3) is 0 Å². The highest BCUT2D eigenvalue weighted by Gasteiger charge is 2.07. The molecular formula is C16H22N4. The number of likely N-dealkylation sites (N-methyl/N-ethyl adjacent to an activating group) is 1. The van der Waals surface area contributed by atoms with Crippen molar-refractivity contribution in [3.05, 3.63) is 53.5 Å². The van der Waals surface area contributed by atoms with Gasteiger partial charge in [-0.3, -0.25) is 4.98 Å². The summed E-state index contributed by atoms with van der Waals surface area (Å²) >= 11 is 0. The third-order valence-electron chi connectivity index (χ3n) is 3.28. The molecule has 2 heterocycles. The lowest BCUT2D eigenvalue weighted by Crippen LogP contribution is -2.23. The van der Waals surface area contributed by atoms with E-state index in [1.165, 1.54) is 11.1 Å². The molecule has 0 fully saturated rings. The molecule has 0 aromatic carbocycles. The van der Waals surface area contributed by atoms with Crippen LogP contribution in [0, 0.1) is 6.92 Å². The van der Waals surface area contributed by atoms with Gasteiger partial charge in [0.1, 0.15) is 5.82 Å². The highest BCUT2D eigenvalue weighted by Crippen LogP contribution is 2.17. The molecule has 4 nitrogen and oxygen atoms in total. The van der Waals surface area contributed by atoms with Crippen molar-refractivity contribution in [1.29, 1.82) is 0 Å². The molecule has 0 aliphatic carbocycles. The minimum atomic E-state index is 0.853. The average molecular weight is 270 g/mol. The van der Waals surface area contributed by atoms with Crippen LogP contribution >= 0.6 is 0 Å². The van der Waals surface area contributed by atoms with Gasteiger partial charge in [-0.1, -0.05) is 6.07 Å². The summed E-state index contributed by atoms with van der Waals surface area (Å²) in [7, 11) is 4.03. The lowest BCUT2D eigenvalue weighted by molar-refractivity contribution is 0.803. The maximum atomic E-state index is 4.57. The zero-order chi connectivity index (χ0) is 14.4. The van der Waals surface area contributed by atoms with Gasteiger partial charge in [-0.05, 0) is 43.3 Å². The Bertz CT molecular complexity index is 539. The predicted molar refractivity (Wildman–Crippen MR) is 82.9 cm³/mol. The van der Waals surface area contributed by atoms with Gasteiger partial charge in [0, 0.05) is 44.6 Å². The van der Waals surface area contributed by atoms with Crippen LogP contribution in [0.4, 0.5) is 5.82 Å². The topological polar surface area (TPSA) is 41.1 Å². The van der Waals surface area contributed by atoms with Crippen molar-refractivity contribution in [2.45, 2.75) is 19.9 Å². The molecule has 1 N–H and O–H groups in total. The van der Waals surface area contributed by atoms with Crippen molar-refractivity contribution in [3.8, 4) is 0 Å². The van der Waals surface area contributed by atoms with Crippen molar-refractivity contribution in [3.63, 3.8) is 0 Å². The standard InChI is InChI=1S/C16H22N4/c1-13-10-14(11-17-2)12-19-16(13)20(3)9-7-15-6-4-5-8-18-15/h4-6,8,10,12,17H,7,9,11H2,1-3H3. The van der Waals surface area contributed by atoms with Gasteiger partial charge in [-0.2, -0.15) is 0 Å². The number of aromatic nitrogens is 2. The molecule has 0 radical (unpaired) electrons. The summed E-state index contributed by atoms with van der Waals surface area (Å²) in [6, 6.07) is 8.22. The van der Waals surface area contributed by atoms with E-state index in [0.717, 1.165) is 31.0 Å². The molecule has 0 unspecified atom stereocenters. The highest BCUT2D eigenvalue weighted by molar-refractivity contribution is 5.46. The lowest BCUT2D eigenvalue weighted by Gasteiger charge is -2.20. The largest absolute Gasteiger partial charge is 0.359 e. The number of aryl methyl sites for hydroxylation is 1. The molecule has 4 heteroatoms. The molecule has 0 saturated heterocycles. The van der Waals surface area contributed by atoms with Crippen molar-refractivity contribution in [2.75, 3.05) is 25.5 Å². The van der Waals surface area contributed by atoms with E-state index in [9.17, 15) is 0 Å². The monoisotopic (exact) mass is 270 g/mol. The van der Waals surface area contributed by atoms with Crippen LogP contribution in [-0.4, -0.2) is 30.6 Å². The van der Waals surface area contributed by atoms with Crippen LogP contribution in [0.5, 0.6) is 0 Å². The molecule has 2 rings (SSSR count). The second kappa shape index (κ2) is 7.01. The van der Waals surface area contributed by atoms with Crippen LogP contribution in [0.1, 0.15) is 16.8 Å². The quantitative estimate of drug-likeness (QED) is 0.873. The van der Waals surface area contributed by atoms with Gasteiger partial charge in [0.15, 0.2) is 0 Å². The number of nitrogens with zero attached hydrogens (tertiary/aromatic N) is 3. The first-order valence-corrected chi connectivity index (χ1v) is 6.92. The van der Waals surface area contributed by atoms with Crippen LogP contribution in [-0.2, 0) is 13.0 Å². The van der Waals surface area contributed by atoms with E-state index in [0.29, 0.717) is 0 Å². The van der Waals surface area contributed by atoms with Crippen molar-refractivity contribution >= 4 is 5.82 Å². The van der Waals surface area contributed by atoms with Gasteiger partial charge < -0.3 is 10.2 Å². The summed E-state index contributed by atoms with van der Waals surface area (Å²) in [5.74, 6) is 1.04. The molecule has 0 aliphatic rings. The van der Waals surface area contributed by atoms with Gasteiger partial charge in [-0.15, -0.1) is 0 Å². The molecule has 2 aromatic heterocycles. The molecule has 0 saturated carbocycles. The Morgan fingerprint density at radius 2 is 2.10 bits per heavy atom. The molecule has 0 bridgehead atoms. The number of rotatable bonds is 6. The molecule has 0 spiro atoms. The smallest absolute Gasteiger partial charge is 0.131 e. The van der Waals surface area contributed by atoms with Gasteiger partial charge in [0.05, 0.1) is 0 Å². The SMILES string of the molecule is CNCc1cnc(N(C)CCc2ccccn2)c(C)c1. The molecule has 2 aromatic rings. The Kier molecular flexibility index (Phi) is 5.07. The summed E-state index contributed by atoms with van der Waals surface area (Å²) in [4.78, 5) is 11.1. The van der Waals surface area contributed by atoms with Gasteiger partial charge >= 0.3 is 0 Å². The summed E-state index contributed by atoms with van der Waals surface area (Å²) in [6.07, 6.45) is 4.71. The summed E-state index contributed by atoms with van der Waals surface area (Å²) in [5, 5.41) is 3.14. The number of hydrogen-bond donors (Lipinski definition) is 1. The predicted octanol–water partition coefficient (Wildman–Crippen LogP) is 2.18. The highest BCUT2D eigenvalue weighted by atomic mass is 15.2. The Balaban J connectivity index is 2.00. The zero-order valence-corrected chi connectivity index (χ0v) is 12.4. The number of nitrogens with one attached hydrogen (secondary N) is 1. The fourth-order valence-corrected chi connectivity index (χ4v) is 2.26. The van der Waals surface area contributed by atoms with Crippen molar-refractivity contribution in [2.24, 2.45) is 0 Å². The van der Waals surface area contributed by atoms with E-state index in [2.05, 4.69) is 46.3 Å². The number of pyridine rings is 2. The molecule has 0 atom stereocenters. The number of hydrogen-bond acceptors (Lipinski definition) is 4. The van der Waals surface area contributed by atoms with E-state index in [4.69, 9.17) is 0 Å². The summed E-state index contributed by atoms with van der Waals surface area (Å²) in [6.45, 7) is 3.88. The van der Waals surface area contributed by atoms with E-state index < -0.39 is 0 Å². The first kappa shape index (κ1) is 14.5. The second-order valence-electron chi connectivity index (χ2n) is 5.01. The normalized spacial score (nSPS) is 10.6. The zero-order valence-electron chi connectivity index (χ0n) is 12.4. The van der Waals surface area contributed by atoms with Gasteiger partial charge in [0.25, 0.3) is 0 Å². The number of anilines is 1. The van der Waals surface area contributed by atoms with Crippen LogP contribution in [0.2, 0.25) is 0 Å². The van der Waals surface area contributed by atoms with Crippen LogP contribution in [0.3, 0.4) is 0 Å². The Hall–Kier alpha value is -1.94. The van der Waals surface area contributed by atoms with E-state index in [1.807, 2.05) is 31.6 Å². The summed E-state index contributed by atoms with van der Waals surface area (Å²) < 4.78 is 0. The van der Waals surface area contributed by atoms with Crippen molar-refractivity contribution < 1.29 is 0 Å². The average Bonchev–Trinajstić information content (AvgIpc) is 2.46. The molecule has 20 heavy (non-hydrogen) atoms. The third-order valence-corrected chi connectivity index (χ3v) is 3.28. The minimum Gasteiger partial charge on any atom is -0.359 e. The maximum Gasteiger partial charge on any atom is 0.131 e. The van der Waals surface area contributed by atoms with Crippen molar-refractivity contribution in [1.82, 2.24) is 15.3 Å². The first-order chi connectivity index (χ1) is 9.70. The summed E-state index contributed by atoms with van der Waals surface area (Å²) in [5.41, 5.74) is 3.54. The van der Waals surface area contributed by atoms with E-state index in [-0.39, 0.29) is 0 Å². The van der Waals surface area contributed by atoms with Crippen LogP contribution in [0.15, 0.2) is 36.7 Å². The second-order valence-corrected chi connectivity index (χ2v) is 5.01. The van der Waals surface area contributed by atoms with E-state index >= 15 is 0 Å². The van der Waals surface area contributed by atoms with Gasteiger partial charge in [0.2, 0.25) is 0 Å². The minimum absolute atomic E-state index is 0.853. The lowest BCUT2D eigenvalue weighted by atomic mass is 10.2. The maximum absolute atomic E-state index is 4.57. The fourth-order valence-electron chi connectivity index (χ4n) is 2.26. The fraction of sp³-hybridized carbons (Fsp3) is 0.375.